The fourth-order valence-corrected chi connectivity index (χ4v) is 15.9. The van der Waals surface area contributed by atoms with E-state index in [1.54, 1.807) is 57.3 Å². The van der Waals surface area contributed by atoms with Gasteiger partial charge in [-0.3, -0.25) is 28.4 Å². The van der Waals surface area contributed by atoms with Crippen LogP contribution in [0.3, 0.4) is 0 Å². The topological polar surface area (TPSA) is 228 Å². The Morgan fingerprint density at radius 2 is 0.690 bits per heavy atom. The summed E-state index contributed by atoms with van der Waals surface area (Å²) in [5.41, 5.74) is 14.3. The molecular formula is C87H76Cl4FN15O6. The van der Waals surface area contributed by atoms with E-state index in [1.807, 2.05) is 160 Å². The molecule has 0 aliphatic carbocycles. The second kappa shape index (κ2) is 34.3. The average molecular weight is 1590 g/mol. The van der Waals surface area contributed by atoms with E-state index in [2.05, 4.69) is 57.3 Å². The summed E-state index contributed by atoms with van der Waals surface area (Å²) in [6.45, 7) is 5.64. The van der Waals surface area contributed by atoms with Gasteiger partial charge in [-0.05, 0) is 204 Å². The number of ether oxygens (including phenoxy) is 3. The van der Waals surface area contributed by atoms with E-state index >= 15 is 0 Å². The molecule has 15 aromatic rings. The first-order chi connectivity index (χ1) is 55.3. The number of hydrogen-bond donors (Lipinski definition) is 3. The number of benzene rings is 9. The molecule has 0 saturated carbocycles. The third-order valence-corrected chi connectivity index (χ3v) is 21.6. The summed E-state index contributed by atoms with van der Waals surface area (Å²) in [5.74, 6) is 1.78. The minimum absolute atomic E-state index is 0.0152. The number of halogens is 5. The van der Waals surface area contributed by atoms with Gasteiger partial charge in [0, 0.05) is 145 Å². The van der Waals surface area contributed by atoms with Crippen molar-refractivity contribution >= 4 is 96.8 Å². The molecule has 0 fully saturated rings. The molecule has 0 bridgehead atoms. The van der Waals surface area contributed by atoms with Crippen LogP contribution in [-0.2, 0) is 38.9 Å². The number of rotatable bonds is 21. The van der Waals surface area contributed by atoms with Crippen LogP contribution >= 0.6 is 46.4 Å². The van der Waals surface area contributed by atoms with E-state index in [0.29, 0.717) is 82.7 Å². The molecule has 3 aliphatic rings. The number of carbonyl (C=O) groups is 3. The zero-order chi connectivity index (χ0) is 77.3. The van der Waals surface area contributed by atoms with Crippen LogP contribution in [0.5, 0.6) is 17.2 Å². The Kier molecular flexibility index (Phi) is 22.7. The lowest BCUT2D eigenvalue weighted by molar-refractivity contribution is 0.0684. The molecule has 570 valence electrons. The van der Waals surface area contributed by atoms with Crippen LogP contribution in [0, 0.1) is 5.82 Å². The summed E-state index contributed by atoms with van der Waals surface area (Å²) in [4.78, 5) is 69.4. The van der Waals surface area contributed by atoms with Crippen LogP contribution < -0.4 is 14.2 Å². The number of aromatic amines is 3. The molecule has 0 radical (unpaired) electrons. The minimum Gasteiger partial charge on any atom is -0.494 e. The lowest BCUT2D eigenvalue weighted by Gasteiger charge is -2.36. The Morgan fingerprint density at radius 3 is 1.01 bits per heavy atom. The van der Waals surface area contributed by atoms with Crippen molar-refractivity contribution in [3.8, 4) is 17.2 Å². The van der Waals surface area contributed by atoms with Gasteiger partial charge >= 0.3 is 0 Å². The summed E-state index contributed by atoms with van der Waals surface area (Å²) < 4.78 is 36.7. The van der Waals surface area contributed by atoms with Gasteiger partial charge in [0.15, 0.2) is 0 Å². The fraction of sp³-hybridized carbons (Fsp3) is 0.207. The highest BCUT2D eigenvalue weighted by molar-refractivity contribution is 6.32. The monoisotopic (exact) mass is 1590 g/mol. The number of aromatic nitrogens is 12. The van der Waals surface area contributed by atoms with Gasteiger partial charge in [0.25, 0.3) is 17.7 Å². The maximum absolute atomic E-state index is 13.7. The third-order valence-electron chi connectivity index (χ3n) is 20.6. The molecule has 3 aliphatic heterocycles. The Bertz CT molecular complexity index is 5530. The van der Waals surface area contributed by atoms with Gasteiger partial charge in [-0.15, -0.1) is 0 Å². The largest absolute Gasteiger partial charge is 0.494 e. The first kappa shape index (κ1) is 75.0. The number of hydrogen-bond acceptors (Lipinski definition) is 12. The summed E-state index contributed by atoms with van der Waals surface area (Å²) >= 11 is 25.0. The van der Waals surface area contributed by atoms with Gasteiger partial charge in [0.2, 0.25) is 0 Å². The predicted octanol–water partition coefficient (Wildman–Crippen LogP) is 17.8. The maximum Gasteiger partial charge on any atom is 0.254 e. The van der Waals surface area contributed by atoms with E-state index in [1.165, 1.54) is 54.4 Å². The van der Waals surface area contributed by atoms with Crippen molar-refractivity contribution < 1.29 is 33.0 Å². The summed E-state index contributed by atoms with van der Waals surface area (Å²) in [5, 5.41) is 18.3. The maximum atomic E-state index is 13.7. The smallest absolute Gasteiger partial charge is 0.254 e. The highest BCUT2D eigenvalue weighted by atomic mass is 35.5. The standard InChI is InChI=1S/C29H25Cl2N5O2.C29H25ClFN5O2.C29H26ClN5O2/c30-21-6-2-20(3-7-21)29(37)36-14-12-24-25-16-22(31)8-11-26(25)34-27(24)28(36)19-4-9-23(10-5-19)38-15-1-13-35-18-32-17-33-35;30-21-6-11-26-25(16-21)24-12-14-36(29(37)20-2-7-22(31)8-3-20)28(27(24)34-26)19-4-9-23(10-5-19)38-15-1-13-35-18-32-17-33-35;30-22-9-12-26-25(17-22)24-13-15-35(29(36)21-5-2-1-3-6-21)28(27(24)33-26)20-7-10-23(11-8-20)37-16-4-14-34-19-31-18-32-34/h2*2-11,16-18,28,34H,1,12-15H2;1-3,5-12,17-19,28,33H,4,13-16H2. The summed E-state index contributed by atoms with van der Waals surface area (Å²) in [7, 11) is 0. The van der Waals surface area contributed by atoms with Crippen LogP contribution in [-0.4, -0.2) is 131 Å². The molecule has 113 heavy (non-hydrogen) atoms. The molecule has 3 N–H and O–H groups in total. The quantitative estimate of drug-likeness (QED) is 0.0571. The van der Waals surface area contributed by atoms with Crippen molar-refractivity contribution in [2.45, 2.75) is 76.3 Å². The number of H-pyrrole nitrogens is 3. The molecular weight excluding hydrogens is 1510 g/mol. The first-order valence-corrected chi connectivity index (χ1v) is 38.9. The zero-order valence-corrected chi connectivity index (χ0v) is 64.2. The van der Waals surface area contributed by atoms with Crippen LogP contribution in [0.2, 0.25) is 20.1 Å². The van der Waals surface area contributed by atoms with Gasteiger partial charge in [-0.25, -0.2) is 19.3 Å². The van der Waals surface area contributed by atoms with E-state index in [4.69, 9.17) is 60.6 Å². The van der Waals surface area contributed by atoms with Crippen LogP contribution in [0.25, 0.3) is 32.7 Å². The summed E-state index contributed by atoms with van der Waals surface area (Å²) in [6.07, 6.45) is 14.3. The summed E-state index contributed by atoms with van der Waals surface area (Å²) in [6, 6.07) is 62.8. The number of fused-ring (bicyclic) bond motifs is 9. The highest BCUT2D eigenvalue weighted by Gasteiger charge is 2.39. The third kappa shape index (κ3) is 16.9. The van der Waals surface area contributed by atoms with Crippen LogP contribution in [0.4, 0.5) is 4.39 Å². The van der Waals surface area contributed by atoms with Crippen molar-refractivity contribution in [3.63, 3.8) is 0 Å². The number of nitrogens with zero attached hydrogens (tertiary/aromatic N) is 12. The molecule has 26 heteroatoms. The lowest BCUT2D eigenvalue weighted by Crippen LogP contribution is -2.40. The Labute approximate surface area is 669 Å². The van der Waals surface area contributed by atoms with Gasteiger partial charge in [0.05, 0.1) is 37.9 Å². The number of nitrogens with one attached hydrogen (secondary N) is 3. The normalized spacial score (nSPS) is 15.0. The van der Waals surface area contributed by atoms with E-state index in [9.17, 15) is 18.8 Å². The van der Waals surface area contributed by atoms with E-state index < -0.39 is 0 Å². The Morgan fingerprint density at radius 1 is 0.381 bits per heavy atom. The van der Waals surface area contributed by atoms with Gasteiger partial charge < -0.3 is 43.9 Å². The number of amides is 3. The highest BCUT2D eigenvalue weighted by Crippen LogP contribution is 2.44. The molecule has 6 aromatic heterocycles. The molecule has 0 spiro atoms. The molecule has 18 rings (SSSR count). The van der Waals surface area contributed by atoms with Crippen molar-refractivity contribution in [1.29, 1.82) is 0 Å². The van der Waals surface area contributed by atoms with E-state index in [0.717, 1.165) is 141 Å². The Hall–Kier alpha value is -12.1. The van der Waals surface area contributed by atoms with Gasteiger partial charge in [0.1, 0.15) is 61.0 Å². The number of carbonyl (C=O) groups excluding carboxylic acids is 3. The molecule has 21 nitrogen and oxygen atoms in total. The van der Waals surface area contributed by atoms with Gasteiger partial charge in [-0.1, -0.05) is 101 Å². The fourth-order valence-electron chi connectivity index (χ4n) is 15.3. The van der Waals surface area contributed by atoms with Crippen molar-refractivity contribution in [1.82, 2.24) is 73.9 Å². The predicted molar refractivity (Wildman–Crippen MR) is 434 cm³/mol. The van der Waals surface area contributed by atoms with Crippen LogP contribution in [0.15, 0.2) is 244 Å². The lowest BCUT2D eigenvalue weighted by atomic mass is 9.91. The van der Waals surface area contributed by atoms with Crippen molar-refractivity contribution in [3.05, 3.63) is 337 Å². The molecule has 9 aromatic carbocycles. The SMILES string of the molecule is O=C(c1ccc(Cl)cc1)N1CCc2c([nH]c3ccc(Cl)cc23)C1c1ccc(OCCCn2cncn2)cc1.O=C(c1ccc(F)cc1)N1CCc2c([nH]c3ccc(Cl)cc23)C1c1ccc(OCCCn2cncn2)cc1.O=C(c1ccccc1)N1CCc2c([nH]c3ccc(Cl)cc23)C1c1ccc(OCCCn2cncn2)cc1. The average Bonchev–Trinajstić information content (AvgIpc) is 1.63. The molecule has 9 heterocycles. The second-order valence-electron chi connectivity index (χ2n) is 27.7. The van der Waals surface area contributed by atoms with Crippen molar-refractivity contribution in [2.75, 3.05) is 39.5 Å². The first-order valence-electron chi connectivity index (χ1n) is 37.4. The zero-order valence-electron chi connectivity index (χ0n) is 61.1. The molecule has 3 amide bonds. The Balaban J connectivity index is 0.000000128. The number of aryl methyl sites for hydroxylation is 3. The minimum atomic E-state index is -0.372. The molecule has 0 saturated heterocycles. The van der Waals surface area contributed by atoms with Crippen LogP contribution in [0.1, 0.15) is 119 Å². The van der Waals surface area contributed by atoms with E-state index in [-0.39, 0.29) is 41.7 Å². The molecule has 3 unspecified atom stereocenters. The second-order valence-corrected chi connectivity index (χ2v) is 29.5. The molecule has 3 atom stereocenters. The van der Waals surface area contributed by atoms with Gasteiger partial charge in [-0.2, -0.15) is 15.3 Å². The van der Waals surface area contributed by atoms with Crippen molar-refractivity contribution in [2.24, 2.45) is 0 Å².